The maximum absolute atomic E-state index is 11.7. The van der Waals surface area contributed by atoms with Crippen molar-refractivity contribution in [2.75, 3.05) is 19.3 Å². The zero-order chi connectivity index (χ0) is 12.1. The predicted molar refractivity (Wildman–Crippen MR) is 61.5 cm³/mol. The summed E-state index contributed by atoms with van der Waals surface area (Å²) in [7, 11) is 1.80. The molecule has 0 aliphatic heterocycles. The van der Waals surface area contributed by atoms with Gasteiger partial charge in [-0.3, -0.25) is 4.79 Å². The van der Waals surface area contributed by atoms with Gasteiger partial charge in [0.2, 0.25) is 11.9 Å². The summed E-state index contributed by atoms with van der Waals surface area (Å²) in [5.41, 5.74) is 5.36. The first-order chi connectivity index (χ1) is 7.49. The quantitative estimate of drug-likeness (QED) is 0.785. The highest BCUT2D eigenvalue weighted by atomic mass is 16.2. The molecule has 16 heavy (non-hydrogen) atoms. The number of hydrogen-bond acceptors (Lipinski definition) is 4. The third kappa shape index (κ3) is 3.88. The van der Waals surface area contributed by atoms with E-state index in [0.29, 0.717) is 5.92 Å². The zero-order valence-electron chi connectivity index (χ0n) is 10.1. The van der Waals surface area contributed by atoms with E-state index in [0.717, 1.165) is 13.0 Å². The van der Waals surface area contributed by atoms with Gasteiger partial charge in [-0.2, -0.15) is 0 Å². The van der Waals surface area contributed by atoms with E-state index in [2.05, 4.69) is 23.9 Å². The molecular formula is C10H19N5O. The van der Waals surface area contributed by atoms with Gasteiger partial charge in [0, 0.05) is 13.6 Å². The largest absolute Gasteiger partial charge is 0.367 e. The summed E-state index contributed by atoms with van der Waals surface area (Å²) in [6.45, 7) is 5.23. The number of carbonyl (C=O) groups excluding carboxylic acids is 1. The van der Waals surface area contributed by atoms with Crippen molar-refractivity contribution in [3.05, 3.63) is 6.33 Å². The van der Waals surface area contributed by atoms with Gasteiger partial charge in [-0.15, -0.1) is 5.10 Å². The summed E-state index contributed by atoms with van der Waals surface area (Å²) < 4.78 is 1.45. The first-order valence-corrected chi connectivity index (χ1v) is 5.38. The molecule has 0 bridgehead atoms. The van der Waals surface area contributed by atoms with Crippen LogP contribution in [0.1, 0.15) is 20.3 Å². The lowest BCUT2D eigenvalue weighted by molar-refractivity contribution is -0.130. The average Bonchev–Trinajstić information content (AvgIpc) is 2.60. The Kier molecular flexibility index (Phi) is 4.28. The molecule has 1 aromatic heterocycles. The fraction of sp³-hybridized carbons (Fsp3) is 0.700. The van der Waals surface area contributed by atoms with Gasteiger partial charge in [-0.25, -0.2) is 9.67 Å². The van der Waals surface area contributed by atoms with E-state index in [4.69, 9.17) is 5.73 Å². The second kappa shape index (κ2) is 5.48. The van der Waals surface area contributed by atoms with Crippen molar-refractivity contribution in [2.24, 2.45) is 5.92 Å². The molecule has 0 unspecified atom stereocenters. The van der Waals surface area contributed by atoms with Crippen molar-refractivity contribution < 1.29 is 4.79 Å². The van der Waals surface area contributed by atoms with Crippen LogP contribution in [0, 0.1) is 5.92 Å². The lowest BCUT2D eigenvalue weighted by atomic mass is 10.1. The minimum atomic E-state index is 0.0190. The third-order valence-electron chi connectivity index (χ3n) is 2.32. The molecular weight excluding hydrogens is 206 g/mol. The van der Waals surface area contributed by atoms with Crippen molar-refractivity contribution in [3.8, 4) is 0 Å². The Morgan fingerprint density at radius 2 is 2.31 bits per heavy atom. The summed E-state index contributed by atoms with van der Waals surface area (Å²) >= 11 is 0. The number of nitrogens with two attached hydrogens (primary N) is 1. The number of hydrogen-bond donors (Lipinski definition) is 1. The molecule has 1 aromatic rings. The van der Waals surface area contributed by atoms with E-state index in [1.54, 1.807) is 11.9 Å². The smallest absolute Gasteiger partial charge is 0.244 e. The second-order valence-electron chi connectivity index (χ2n) is 4.30. The summed E-state index contributed by atoms with van der Waals surface area (Å²) in [4.78, 5) is 17.2. The molecule has 0 fully saturated rings. The van der Waals surface area contributed by atoms with Gasteiger partial charge >= 0.3 is 0 Å². The molecule has 1 rings (SSSR count). The maximum atomic E-state index is 11.7. The monoisotopic (exact) mass is 225 g/mol. The summed E-state index contributed by atoms with van der Waals surface area (Å²) in [6, 6.07) is 0. The van der Waals surface area contributed by atoms with Gasteiger partial charge in [0.15, 0.2) is 0 Å². The highest BCUT2D eigenvalue weighted by molar-refractivity contribution is 5.75. The Bertz CT molecular complexity index is 347. The Morgan fingerprint density at radius 1 is 1.62 bits per heavy atom. The van der Waals surface area contributed by atoms with Crippen LogP contribution in [-0.2, 0) is 11.3 Å². The van der Waals surface area contributed by atoms with Gasteiger partial charge in [-0.1, -0.05) is 13.8 Å². The molecule has 6 nitrogen and oxygen atoms in total. The van der Waals surface area contributed by atoms with E-state index in [1.807, 2.05) is 0 Å². The topological polar surface area (TPSA) is 77.0 Å². The zero-order valence-corrected chi connectivity index (χ0v) is 10.1. The van der Waals surface area contributed by atoms with Crippen molar-refractivity contribution in [1.29, 1.82) is 0 Å². The number of nitrogen functional groups attached to an aromatic ring is 1. The van der Waals surface area contributed by atoms with Crippen molar-refractivity contribution in [3.63, 3.8) is 0 Å². The first-order valence-electron chi connectivity index (χ1n) is 5.38. The Hall–Kier alpha value is -1.59. The van der Waals surface area contributed by atoms with E-state index < -0.39 is 0 Å². The molecule has 0 aliphatic carbocycles. The van der Waals surface area contributed by atoms with Crippen LogP contribution in [0.2, 0.25) is 0 Å². The van der Waals surface area contributed by atoms with Gasteiger partial charge < -0.3 is 10.6 Å². The minimum absolute atomic E-state index is 0.0190. The van der Waals surface area contributed by atoms with Crippen LogP contribution in [-0.4, -0.2) is 39.2 Å². The maximum Gasteiger partial charge on any atom is 0.244 e. The highest BCUT2D eigenvalue weighted by Crippen LogP contribution is 2.01. The molecule has 0 saturated heterocycles. The van der Waals surface area contributed by atoms with Crippen LogP contribution < -0.4 is 5.73 Å². The Labute approximate surface area is 95.4 Å². The number of likely N-dealkylation sites (N-methyl/N-ethyl adjacent to an activating group) is 1. The summed E-state index contributed by atoms with van der Waals surface area (Å²) in [6.07, 6.45) is 2.46. The Morgan fingerprint density at radius 3 is 2.81 bits per heavy atom. The first kappa shape index (κ1) is 12.5. The number of nitrogens with zero attached hydrogens (tertiary/aromatic N) is 4. The highest BCUT2D eigenvalue weighted by Gasteiger charge is 2.10. The van der Waals surface area contributed by atoms with E-state index >= 15 is 0 Å². The van der Waals surface area contributed by atoms with Crippen molar-refractivity contribution >= 4 is 11.9 Å². The minimum Gasteiger partial charge on any atom is -0.367 e. The van der Waals surface area contributed by atoms with Crippen LogP contribution in [0.3, 0.4) is 0 Å². The molecule has 0 atom stereocenters. The molecule has 1 amide bonds. The lowest BCUT2D eigenvalue weighted by Crippen LogP contribution is -2.31. The molecule has 0 radical (unpaired) electrons. The number of rotatable bonds is 5. The predicted octanol–water partition coefficient (Wildman–Crippen LogP) is 0.365. The molecule has 6 heteroatoms. The summed E-state index contributed by atoms with van der Waals surface area (Å²) in [5.74, 6) is 0.806. The second-order valence-corrected chi connectivity index (χ2v) is 4.30. The van der Waals surface area contributed by atoms with Gasteiger partial charge in [-0.05, 0) is 12.3 Å². The standard InChI is InChI=1S/C10H19N5O/c1-8(2)4-5-14(3)9(16)6-15-7-12-10(11)13-15/h7-8H,4-6H2,1-3H3,(H2,11,13). The molecule has 0 saturated carbocycles. The Balaban J connectivity index is 2.39. The van der Waals surface area contributed by atoms with Crippen LogP contribution in [0.4, 0.5) is 5.95 Å². The number of carbonyl (C=O) groups is 1. The fourth-order valence-corrected chi connectivity index (χ4v) is 1.22. The normalized spacial score (nSPS) is 10.8. The molecule has 0 aliphatic rings. The molecule has 0 aromatic carbocycles. The van der Waals surface area contributed by atoms with Crippen molar-refractivity contribution in [2.45, 2.75) is 26.8 Å². The van der Waals surface area contributed by atoms with E-state index in [-0.39, 0.29) is 18.4 Å². The van der Waals surface area contributed by atoms with Gasteiger partial charge in [0.25, 0.3) is 0 Å². The van der Waals surface area contributed by atoms with Gasteiger partial charge in [0.05, 0.1) is 0 Å². The fourth-order valence-electron chi connectivity index (χ4n) is 1.22. The average molecular weight is 225 g/mol. The lowest BCUT2D eigenvalue weighted by Gasteiger charge is -2.17. The molecule has 1 heterocycles. The summed E-state index contributed by atoms with van der Waals surface area (Å²) in [5, 5.41) is 3.86. The van der Waals surface area contributed by atoms with Crippen LogP contribution in [0.25, 0.3) is 0 Å². The SMILES string of the molecule is CC(C)CCN(C)C(=O)Cn1cnc(N)n1. The third-order valence-corrected chi connectivity index (χ3v) is 2.32. The number of aromatic nitrogens is 3. The number of anilines is 1. The van der Waals surface area contributed by atoms with Crippen molar-refractivity contribution in [1.82, 2.24) is 19.7 Å². The van der Waals surface area contributed by atoms with Gasteiger partial charge in [0.1, 0.15) is 12.9 Å². The van der Waals surface area contributed by atoms with Crippen LogP contribution in [0.15, 0.2) is 6.33 Å². The molecule has 2 N–H and O–H groups in total. The van der Waals surface area contributed by atoms with Crippen LogP contribution in [0.5, 0.6) is 0 Å². The number of amides is 1. The molecule has 0 spiro atoms. The van der Waals surface area contributed by atoms with E-state index in [1.165, 1.54) is 11.0 Å². The molecule has 90 valence electrons. The van der Waals surface area contributed by atoms with Crippen LogP contribution >= 0.6 is 0 Å². The van der Waals surface area contributed by atoms with E-state index in [9.17, 15) is 4.79 Å².